The van der Waals surface area contributed by atoms with Gasteiger partial charge in [0.25, 0.3) is 0 Å². The average Bonchev–Trinajstić information content (AvgIpc) is 3.52. The zero-order valence-electron chi connectivity index (χ0n) is 18.7. The van der Waals surface area contributed by atoms with Crippen molar-refractivity contribution < 1.29 is 13.5 Å². The van der Waals surface area contributed by atoms with Crippen LogP contribution in [0.3, 0.4) is 0 Å². The van der Waals surface area contributed by atoms with Gasteiger partial charge in [-0.05, 0) is 62.1 Å². The predicted octanol–water partition coefficient (Wildman–Crippen LogP) is 4.80. The van der Waals surface area contributed by atoms with E-state index in [0.29, 0.717) is 34.8 Å². The fraction of sp³-hybridized carbons (Fsp3) is 0.280. The Morgan fingerprint density at radius 1 is 1.09 bits per heavy atom. The zero-order chi connectivity index (χ0) is 24.2. The number of benzene rings is 2. The third-order valence-corrected chi connectivity index (χ3v) is 6.97. The second-order valence-electron chi connectivity index (χ2n) is 9.08. The minimum Gasteiger partial charge on any atom is -0.454 e. The monoisotopic (exact) mass is 473 g/mol. The van der Waals surface area contributed by atoms with Crippen molar-refractivity contribution in [1.82, 2.24) is 24.6 Å². The molecule has 1 spiro atoms. The summed E-state index contributed by atoms with van der Waals surface area (Å²) in [4.78, 5) is 10.5. The number of nitrogen functional groups attached to an aromatic ring is 1. The molecule has 1 saturated carbocycles. The van der Waals surface area contributed by atoms with Gasteiger partial charge in [0.2, 0.25) is 0 Å². The van der Waals surface area contributed by atoms with Gasteiger partial charge in [-0.3, -0.25) is 0 Å². The number of nitrogens with zero attached hydrogens (tertiary/aromatic N) is 6. The van der Waals surface area contributed by atoms with Crippen molar-refractivity contribution in [1.29, 1.82) is 5.26 Å². The van der Waals surface area contributed by atoms with Crippen LogP contribution in [-0.4, -0.2) is 36.7 Å². The van der Waals surface area contributed by atoms with Gasteiger partial charge in [-0.2, -0.15) is 10.4 Å². The summed E-state index contributed by atoms with van der Waals surface area (Å²) in [6, 6.07) is 10.1. The molecule has 1 aliphatic heterocycles. The van der Waals surface area contributed by atoms with Crippen LogP contribution in [0.2, 0.25) is 0 Å². The van der Waals surface area contributed by atoms with Gasteiger partial charge in [-0.1, -0.05) is 0 Å². The Labute approximate surface area is 199 Å². The molecule has 35 heavy (non-hydrogen) atoms. The zero-order valence-corrected chi connectivity index (χ0v) is 18.7. The highest BCUT2D eigenvalue weighted by molar-refractivity contribution is 5.98. The Hall–Kier alpha value is -4.26. The van der Waals surface area contributed by atoms with Crippen LogP contribution < -0.4 is 10.5 Å². The molecule has 176 valence electrons. The number of likely N-dealkylation sites (tertiary alicyclic amines) is 1. The van der Waals surface area contributed by atoms with Crippen LogP contribution in [0.4, 0.5) is 14.6 Å². The molecule has 0 amide bonds. The molecule has 10 heteroatoms. The number of aromatic nitrogens is 4. The first-order valence-electron chi connectivity index (χ1n) is 11.4. The van der Waals surface area contributed by atoms with E-state index in [-0.39, 0.29) is 17.3 Å². The van der Waals surface area contributed by atoms with Gasteiger partial charge in [0.15, 0.2) is 23.4 Å². The molecule has 2 N–H and O–H groups in total. The fourth-order valence-electron chi connectivity index (χ4n) is 4.89. The first kappa shape index (κ1) is 21.3. The van der Waals surface area contributed by atoms with Crippen LogP contribution >= 0.6 is 0 Å². The molecule has 2 aliphatic rings. The average molecular weight is 473 g/mol. The summed E-state index contributed by atoms with van der Waals surface area (Å²) in [5, 5.41) is 15.2. The van der Waals surface area contributed by atoms with Crippen molar-refractivity contribution in [3.05, 3.63) is 60.4 Å². The Bertz CT molecular complexity index is 1470. The van der Waals surface area contributed by atoms with Crippen LogP contribution in [-0.2, 0) is 0 Å². The summed E-state index contributed by atoms with van der Waals surface area (Å²) in [5.74, 6) is -0.819. The van der Waals surface area contributed by atoms with Gasteiger partial charge in [-0.15, -0.1) is 0 Å². The van der Waals surface area contributed by atoms with Gasteiger partial charge in [0.05, 0.1) is 23.5 Å². The van der Waals surface area contributed by atoms with Crippen molar-refractivity contribution in [2.45, 2.75) is 37.3 Å². The maximum Gasteiger partial charge on any atom is 0.179 e. The van der Waals surface area contributed by atoms with E-state index in [9.17, 15) is 14.0 Å². The number of fused-ring (bicyclic) bond motifs is 1. The molecule has 1 atom stereocenters. The van der Waals surface area contributed by atoms with Gasteiger partial charge < -0.3 is 15.4 Å². The third-order valence-electron chi connectivity index (χ3n) is 6.97. The highest BCUT2D eigenvalue weighted by Crippen LogP contribution is 2.50. The molecule has 1 aliphatic carbocycles. The molecule has 8 nitrogen and oxygen atoms in total. The fourth-order valence-corrected chi connectivity index (χ4v) is 4.89. The molecule has 2 aromatic carbocycles. The topological polar surface area (TPSA) is 106 Å². The standard InChI is InChI=1S/C25H21F2N7O/c26-16-3-6-20(19(27)11-16)35-18-4-1-15(2-5-18)22-21-23(29)30-14-31-24(21)34(32-22)17-7-8-25(9-10-25)33(12-17)13-28/h1-6,11,14,17H,7-10,12H2,(H2,29,30,31). The third kappa shape index (κ3) is 3.60. The highest BCUT2D eigenvalue weighted by atomic mass is 19.1. The Kier molecular flexibility index (Phi) is 4.81. The molecular weight excluding hydrogens is 452 g/mol. The van der Waals surface area contributed by atoms with Gasteiger partial charge in [0.1, 0.15) is 29.4 Å². The lowest BCUT2D eigenvalue weighted by Gasteiger charge is -2.36. The van der Waals surface area contributed by atoms with E-state index in [1.165, 1.54) is 12.4 Å². The normalized spacial score (nSPS) is 18.5. The summed E-state index contributed by atoms with van der Waals surface area (Å²) in [7, 11) is 0. The minimum atomic E-state index is -0.782. The second-order valence-corrected chi connectivity index (χ2v) is 9.08. The molecule has 1 unspecified atom stereocenters. The maximum atomic E-state index is 14.0. The first-order valence-corrected chi connectivity index (χ1v) is 11.4. The summed E-state index contributed by atoms with van der Waals surface area (Å²) in [5.41, 5.74) is 8.27. The lowest BCUT2D eigenvalue weighted by molar-refractivity contribution is 0.151. The van der Waals surface area contributed by atoms with Crippen LogP contribution in [0.1, 0.15) is 31.7 Å². The molecule has 4 aromatic rings. The Morgan fingerprint density at radius 3 is 2.60 bits per heavy atom. The number of nitrogens with two attached hydrogens (primary N) is 1. The number of piperidine rings is 1. The Morgan fingerprint density at radius 2 is 1.89 bits per heavy atom. The van der Waals surface area contributed by atoms with E-state index >= 15 is 0 Å². The summed E-state index contributed by atoms with van der Waals surface area (Å²) in [6.45, 7) is 0.576. The van der Waals surface area contributed by atoms with Crippen LogP contribution in [0.15, 0.2) is 48.8 Å². The van der Waals surface area contributed by atoms with E-state index in [1.54, 1.807) is 24.3 Å². The molecule has 6 rings (SSSR count). The number of halogens is 2. The van der Waals surface area contributed by atoms with E-state index in [1.807, 2.05) is 9.58 Å². The van der Waals surface area contributed by atoms with Crippen molar-refractivity contribution in [3.63, 3.8) is 0 Å². The summed E-state index contributed by atoms with van der Waals surface area (Å²) >= 11 is 0. The number of rotatable bonds is 4. The molecule has 3 heterocycles. The molecular formula is C25H21F2N7O. The molecule has 1 saturated heterocycles. The molecule has 0 bridgehead atoms. The largest absolute Gasteiger partial charge is 0.454 e. The second kappa shape index (κ2) is 7.91. The maximum absolute atomic E-state index is 14.0. The van der Waals surface area contributed by atoms with E-state index in [0.717, 1.165) is 43.4 Å². The number of anilines is 1. The van der Waals surface area contributed by atoms with Crippen LogP contribution in [0.5, 0.6) is 11.5 Å². The number of hydrogen-bond acceptors (Lipinski definition) is 7. The number of ether oxygens (including phenoxy) is 1. The smallest absolute Gasteiger partial charge is 0.179 e. The molecule has 0 radical (unpaired) electrons. The van der Waals surface area contributed by atoms with Crippen molar-refractivity contribution in [2.75, 3.05) is 12.3 Å². The lowest BCUT2D eigenvalue weighted by Crippen LogP contribution is -2.43. The SMILES string of the molecule is N#CN1CC(n2nc(-c3ccc(Oc4ccc(F)cc4F)cc3)c3c(N)ncnc32)CCC12CC2. The van der Waals surface area contributed by atoms with Crippen LogP contribution in [0.25, 0.3) is 22.3 Å². The molecule has 2 fully saturated rings. The number of hydrogen-bond donors (Lipinski definition) is 1. The minimum absolute atomic E-state index is 0.0181. The van der Waals surface area contributed by atoms with Gasteiger partial charge in [0, 0.05) is 11.6 Å². The lowest BCUT2D eigenvalue weighted by atomic mass is 9.97. The highest BCUT2D eigenvalue weighted by Gasteiger charge is 2.51. The quantitative estimate of drug-likeness (QED) is 0.425. The van der Waals surface area contributed by atoms with Crippen molar-refractivity contribution in [3.8, 4) is 28.9 Å². The Balaban J connectivity index is 1.34. The van der Waals surface area contributed by atoms with Crippen molar-refractivity contribution in [2.24, 2.45) is 0 Å². The van der Waals surface area contributed by atoms with Gasteiger partial charge in [-0.25, -0.2) is 23.4 Å². The van der Waals surface area contributed by atoms with E-state index in [4.69, 9.17) is 15.6 Å². The number of nitriles is 1. The van der Waals surface area contributed by atoms with E-state index in [2.05, 4.69) is 16.2 Å². The predicted molar refractivity (Wildman–Crippen MR) is 124 cm³/mol. The van der Waals surface area contributed by atoms with Crippen LogP contribution in [0, 0.1) is 23.1 Å². The van der Waals surface area contributed by atoms with Gasteiger partial charge >= 0.3 is 0 Å². The summed E-state index contributed by atoms with van der Waals surface area (Å²) < 4.78 is 34.5. The van der Waals surface area contributed by atoms with E-state index < -0.39 is 11.6 Å². The van der Waals surface area contributed by atoms with Crippen molar-refractivity contribution >= 4 is 16.9 Å². The molecule has 2 aromatic heterocycles. The summed E-state index contributed by atoms with van der Waals surface area (Å²) in [6.07, 6.45) is 7.73. The first-order chi connectivity index (χ1) is 17.0.